The molecular weight excluding hydrogens is 292 g/mol. The summed E-state index contributed by atoms with van der Waals surface area (Å²) < 4.78 is 30.6. The van der Waals surface area contributed by atoms with E-state index in [1.807, 2.05) is 0 Å². The van der Waals surface area contributed by atoms with Crippen molar-refractivity contribution < 1.29 is 13.2 Å². The summed E-state index contributed by atoms with van der Waals surface area (Å²) in [7, 11) is -3.30. The van der Waals surface area contributed by atoms with Crippen LogP contribution in [0.3, 0.4) is 0 Å². The number of aromatic nitrogens is 2. The summed E-state index contributed by atoms with van der Waals surface area (Å²) in [6.45, 7) is 1.95. The van der Waals surface area contributed by atoms with Crippen molar-refractivity contribution in [1.82, 2.24) is 14.3 Å². The van der Waals surface area contributed by atoms with E-state index >= 15 is 0 Å². The van der Waals surface area contributed by atoms with E-state index in [2.05, 4.69) is 15.3 Å². The molecule has 1 aromatic rings. The van der Waals surface area contributed by atoms with Gasteiger partial charge in [-0.2, -0.15) is 4.31 Å². The first-order valence-electron chi connectivity index (χ1n) is 7.15. The predicted octanol–water partition coefficient (Wildman–Crippen LogP) is 0.631. The highest BCUT2D eigenvalue weighted by Gasteiger charge is 2.33. The van der Waals surface area contributed by atoms with Gasteiger partial charge in [-0.25, -0.2) is 18.4 Å². The molecule has 2 fully saturated rings. The van der Waals surface area contributed by atoms with Gasteiger partial charge in [0.05, 0.1) is 19.5 Å². The quantitative estimate of drug-likeness (QED) is 0.858. The van der Waals surface area contributed by atoms with Gasteiger partial charge >= 0.3 is 0 Å². The lowest BCUT2D eigenvalue weighted by molar-refractivity contribution is 0.0293. The molecule has 0 spiro atoms. The number of nitrogens with zero attached hydrogens (tertiary/aromatic N) is 3. The van der Waals surface area contributed by atoms with Gasteiger partial charge in [0.25, 0.3) is 0 Å². The zero-order chi connectivity index (χ0) is 14.9. The predicted molar refractivity (Wildman–Crippen MR) is 78.4 cm³/mol. The summed E-state index contributed by atoms with van der Waals surface area (Å²) in [5.74, 6) is 1.97. The Labute approximate surface area is 124 Å². The lowest BCUT2D eigenvalue weighted by Gasteiger charge is -2.32. The van der Waals surface area contributed by atoms with Gasteiger partial charge in [-0.15, -0.1) is 0 Å². The maximum Gasteiger partial charge on any atom is 0.212 e. The summed E-state index contributed by atoms with van der Waals surface area (Å²) in [4.78, 5) is 8.68. The van der Waals surface area contributed by atoms with Crippen molar-refractivity contribution in [2.75, 3.05) is 37.9 Å². The SMILES string of the molecule is CS(=O)(=O)N1CCOC[C@@H]1c1nccc(NCC2CC2)n1. The van der Waals surface area contributed by atoms with E-state index in [0.29, 0.717) is 25.6 Å². The van der Waals surface area contributed by atoms with Gasteiger partial charge in [0, 0.05) is 19.3 Å². The van der Waals surface area contributed by atoms with E-state index in [1.54, 1.807) is 12.3 Å². The number of hydrogen-bond acceptors (Lipinski definition) is 6. The van der Waals surface area contributed by atoms with Gasteiger partial charge in [-0.05, 0) is 24.8 Å². The van der Waals surface area contributed by atoms with Crippen LogP contribution in [0.2, 0.25) is 0 Å². The maximum atomic E-state index is 11.9. The standard InChI is InChI=1S/C13H20N4O3S/c1-21(18,19)17-6-7-20-9-11(17)13-14-5-4-12(16-13)15-8-10-2-3-10/h4-5,10-11H,2-3,6-9H2,1H3,(H,14,15,16)/t11-/m1/s1. The fraction of sp³-hybridized carbons (Fsp3) is 0.692. The first-order valence-corrected chi connectivity index (χ1v) is 9.00. The maximum absolute atomic E-state index is 11.9. The Morgan fingerprint density at radius 1 is 1.48 bits per heavy atom. The van der Waals surface area contributed by atoms with Gasteiger partial charge in [0.2, 0.25) is 10.0 Å². The molecule has 0 aromatic carbocycles. The molecule has 0 unspecified atom stereocenters. The molecule has 1 atom stereocenters. The van der Waals surface area contributed by atoms with Crippen molar-refractivity contribution in [3.05, 3.63) is 18.1 Å². The molecule has 1 saturated carbocycles. The van der Waals surface area contributed by atoms with Crippen LogP contribution in [-0.2, 0) is 14.8 Å². The minimum absolute atomic E-state index is 0.291. The lowest BCUT2D eigenvalue weighted by atomic mass is 10.2. The van der Waals surface area contributed by atoms with Gasteiger partial charge < -0.3 is 10.1 Å². The van der Waals surface area contributed by atoms with Crippen LogP contribution in [0.15, 0.2) is 12.3 Å². The van der Waals surface area contributed by atoms with Crippen LogP contribution < -0.4 is 5.32 Å². The Kier molecular flexibility index (Phi) is 4.10. The molecule has 0 amide bonds. The molecule has 2 heterocycles. The first-order chi connectivity index (χ1) is 10.0. The zero-order valence-corrected chi connectivity index (χ0v) is 12.8. The van der Waals surface area contributed by atoms with Gasteiger partial charge in [0.1, 0.15) is 11.9 Å². The molecule has 7 nitrogen and oxygen atoms in total. The third-order valence-electron chi connectivity index (χ3n) is 3.75. The molecule has 0 radical (unpaired) electrons. The smallest absolute Gasteiger partial charge is 0.212 e. The second-order valence-electron chi connectivity index (χ2n) is 5.59. The second-order valence-corrected chi connectivity index (χ2v) is 7.52. The van der Waals surface area contributed by atoms with E-state index in [-0.39, 0.29) is 0 Å². The lowest BCUT2D eigenvalue weighted by Crippen LogP contribution is -2.43. The molecule has 1 aliphatic heterocycles. The highest BCUT2D eigenvalue weighted by Crippen LogP contribution is 2.29. The molecule has 2 aliphatic rings. The second kappa shape index (κ2) is 5.86. The number of rotatable bonds is 5. The summed E-state index contributed by atoms with van der Waals surface area (Å²) in [5.41, 5.74) is 0. The number of hydrogen-bond donors (Lipinski definition) is 1. The number of morpholine rings is 1. The Morgan fingerprint density at radius 3 is 3.00 bits per heavy atom. The van der Waals surface area contributed by atoms with E-state index < -0.39 is 16.1 Å². The molecule has 1 aliphatic carbocycles. The van der Waals surface area contributed by atoms with Crippen molar-refractivity contribution in [2.45, 2.75) is 18.9 Å². The molecule has 8 heteroatoms. The van der Waals surface area contributed by atoms with Crippen LogP contribution in [0, 0.1) is 5.92 Å². The fourth-order valence-electron chi connectivity index (χ4n) is 2.39. The Morgan fingerprint density at radius 2 is 2.29 bits per heavy atom. The summed E-state index contributed by atoms with van der Waals surface area (Å²) >= 11 is 0. The van der Waals surface area contributed by atoms with Crippen LogP contribution in [0.4, 0.5) is 5.82 Å². The van der Waals surface area contributed by atoms with Gasteiger partial charge in [0.15, 0.2) is 5.82 Å². The monoisotopic (exact) mass is 312 g/mol. The zero-order valence-electron chi connectivity index (χ0n) is 12.0. The minimum Gasteiger partial charge on any atom is -0.378 e. The third kappa shape index (κ3) is 3.69. The number of sulfonamides is 1. The van der Waals surface area contributed by atoms with Crippen molar-refractivity contribution >= 4 is 15.8 Å². The van der Waals surface area contributed by atoms with Crippen LogP contribution >= 0.6 is 0 Å². The van der Waals surface area contributed by atoms with E-state index in [1.165, 1.54) is 23.4 Å². The summed E-state index contributed by atoms with van der Waals surface area (Å²) in [6.07, 6.45) is 5.40. The topological polar surface area (TPSA) is 84.4 Å². The minimum atomic E-state index is -3.30. The number of nitrogens with one attached hydrogen (secondary N) is 1. The Hall–Kier alpha value is -1.25. The van der Waals surface area contributed by atoms with Crippen LogP contribution in [0.5, 0.6) is 0 Å². The Balaban J connectivity index is 1.78. The molecule has 1 aromatic heterocycles. The third-order valence-corrected chi connectivity index (χ3v) is 5.04. The van der Waals surface area contributed by atoms with Crippen molar-refractivity contribution in [3.8, 4) is 0 Å². The molecule has 1 N–H and O–H groups in total. The molecule has 1 saturated heterocycles. The highest BCUT2D eigenvalue weighted by atomic mass is 32.2. The molecular formula is C13H20N4O3S. The van der Waals surface area contributed by atoms with E-state index in [9.17, 15) is 8.42 Å². The van der Waals surface area contributed by atoms with E-state index in [4.69, 9.17) is 4.74 Å². The van der Waals surface area contributed by atoms with E-state index in [0.717, 1.165) is 18.3 Å². The van der Waals surface area contributed by atoms with Crippen molar-refractivity contribution in [2.24, 2.45) is 5.92 Å². The van der Waals surface area contributed by atoms with Crippen molar-refractivity contribution in [3.63, 3.8) is 0 Å². The molecule has 3 rings (SSSR count). The van der Waals surface area contributed by atoms with Crippen LogP contribution in [0.1, 0.15) is 24.7 Å². The number of ether oxygens (including phenoxy) is 1. The Bertz CT molecular complexity index is 603. The van der Waals surface area contributed by atoms with Crippen LogP contribution in [0.25, 0.3) is 0 Å². The average molecular weight is 312 g/mol. The summed E-state index contributed by atoms with van der Waals surface area (Å²) in [5, 5.41) is 3.28. The first kappa shape index (κ1) is 14.7. The number of anilines is 1. The van der Waals surface area contributed by atoms with Gasteiger partial charge in [-0.3, -0.25) is 0 Å². The van der Waals surface area contributed by atoms with Crippen molar-refractivity contribution in [1.29, 1.82) is 0 Å². The molecule has 116 valence electrons. The normalized spacial score (nSPS) is 24.0. The van der Waals surface area contributed by atoms with Gasteiger partial charge in [-0.1, -0.05) is 0 Å². The molecule has 0 bridgehead atoms. The largest absolute Gasteiger partial charge is 0.378 e. The summed E-state index contributed by atoms with van der Waals surface area (Å²) in [6, 6.07) is 1.36. The van der Waals surface area contributed by atoms with Crippen LogP contribution in [-0.4, -0.2) is 55.3 Å². The fourth-order valence-corrected chi connectivity index (χ4v) is 3.42. The highest BCUT2D eigenvalue weighted by molar-refractivity contribution is 7.88. The molecule has 21 heavy (non-hydrogen) atoms. The average Bonchev–Trinajstić information content (AvgIpc) is 3.29.